The van der Waals surface area contributed by atoms with Crippen molar-refractivity contribution >= 4 is 27.3 Å². The van der Waals surface area contributed by atoms with Crippen LogP contribution in [0, 0.1) is 6.92 Å². The average molecular weight is 455 g/mol. The summed E-state index contributed by atoms with van der Waals surface area (Å²) >= 11 is 0. The molecule has 1 N–H and O–H groups in total. The highest BCUT2D eigenvalue weighted by molar-refractivity contribution is 7.92. The summed E-state index contributed by atoms with van der Waals surface area (Å²) in [7, 11) is -3.87. The lowest BCUT2D eigenvalue weighted by Crippen LogP contribution is -2.38. The molecule has 5 rings (SSSR count). The van der Waals surface area contributed by atoms with Crippen LogP contribution in [-0.2, 0) is 21.4 Å². The number of nitrogens with one attached hydrogen (secondary N) is 1. The molecule has 9 nitrogen and oxygen atoms in total. The predicted molar refractivity (Wildman–Crippen MR) is 116 cm³/mol. The van der Waals surface area contributed by atoms with Crippen LogP contribution in [0.4, 0.5) is 11.4 Å². The molecular weight excluding hydrogens is 432 g/mol. The maximum atomic E-state index is 13.0. The third-order valence-corrected chi connectivity index (χ3v) is 7.07. The van der Waals surface area contributed by atoms with Gasteiger partial charge in [0.05, 0.1) is 17.1 Å². The maximum Gasteiger partial charge on any atom is 0.265 e. The van der Waals surface area contributed by atoms with Gasteiger partial charge in [0, 0.05) is 11.6 Å². The van der Waals surface area contributed by atoms with Gasteiger partial charge in [-0.25, -0.2) is 8.42 Å². The van der Waals surface area contributed by atoms with Crippen LogP contribution in [0.3, 0.4) is 0 Å². The first kappa shape index (κ1) is 20.5. The van der Waals surface area contributed by atoms with Crippen molar-refractivity contribution in [1.29, 1.82) is 0 Å². The number of aromatic nitrogens is 2. The number of carbonyl (C=O) groups is 1. The van der Waals surface area contributed by atoms with E-state index in [0.717, 1.165) is 24.8 Å². The van der Waals surface area contributed by atoms with Gasteiger partial charge in [0.2, 0.25) is 5.89 Å². The fraction of sp³-hybridized carbons (Fsp3) is 0.318. The Balaban J connectivity index is 1.43. The number of amides is 1. The second-order valence-electron chi connectivity index (χ2n) is 8.05. The lowest BCUT2D eigenvalue weighted by molar-refractivity contribution is -0.121. The van der Waals surface area contributed by atoms with Crippen LogP contribution in [-0.4, -0.2) is 31.1 Å². The Bertz CT molecular complexity index is 1280. The molecular formula is C22H22N4O5S. The zero-order valence-electron chi connectivity index (χ0n) is 17.4. The van der Waals surface area contributed by atoms with E-state index >= 15 is 0 Å². The first-order valence-corrected chi connectivity index (χ1v) is 11.9. The number of aryl methyl sites for hydroxylation is 1. The van der Waals surface area contributed by atoms with Crippen LogP contribution in [0.1, 0.15) is 42.5 Å². The molecule has 166 valence electrons. The van der Waals surface area contributed by atoms with E-state index in [1.165, 1.54) is 17.0 Å². The van der Waals surface area contributed by atoms with E-state index in [4.69, 9.17) is 9.26 Å². The molecule has 0 saturated heterocycles. The number of hydrogen-bond donors (Lipinski definition) is 1. The number of carbonyl (C=O) groups excluding carboxylic acids is 1. The van der Waals surface area contributed by atoms with Crippen LogP contribution in [0.5, 0.6) is 5.75 Å². The van der Waals surface area contributed by atoms with Crippen molar-refractivity contribution in [2.75, 3.05) is 16.2 Å². The highest BCUT2D eigenvalue weighted by Gasteiger charge is 2.30. The van der Waals surface area contributed by atoms with Crippen molar-refractivity contribution < 1.29 is 22.5 Å². The number of rotatable bonds is 6. The van der Waals surface area contributed by atoms with Gasteiger partial charge in [-0.05, 0) is 55.7 Å². The Hall–Kier alpha value is -3.40. The van der Waals surface area contributed by atoms with E-state index < -0.39 is 10.0 Å². The van der Waals surface area contributed by atoms with E-state index in [1.807, 2.05) is 13.0 Å². The summed E-state index contributed by atoms with van der Waals surface area (Å²) in [6, 6.07) is 11.5. The molecule has 0 bridgehead atoms. The number of sulfonamides is 1. The average Bonchev–Trinajstić information content (AvgIpc) is 3.16. The minimum absolute atomic E-state index is 0.0179. The molecule has 1 aromatic heterocycles. The van der Waals surface area contributed by atoms with Gasteiger partial charge in [0.15, 0.2) is 12.4 Å². The fourth-order valence-electron chi connectivity index (χ4n) is 3.74. The highest BCUT2D eigenvalue weighted by atomic mass is 32.2. The first-order chi connectivity index (χ1) is 15.4. The lowest BCUT2D eigenvalue weighted by Gasteiger charge is -2.28. The third-order valence-electron chi connectivity index (χ3n) is 5.69. The second kappa shape index (κ2) is 7.94. The maximum absolute atomic E-state index is 13.0. The van der Waals surface area contributed by atoms with Gasteiger partial charge in [-0.15, -0.1) is 0 Å². The molecule has 1 amide bonds. The van der Waals surface area contributed by atoms with Gasteiger partial charge in [0.1, 0.15) is 5.75 Å². The minimum atomic E-state index is -3.87. The molecule has 1 aliphatic heterocycles. The lowest BCUT2D eigenvalue weighted by atomic mass is 9.85. The van der Waals surface area contributed by atoms with Crippen molar-refractivity contribution in [1.82, 2.24) is 10.1 Å². The smallest absolute Gasteiger partial charge is 0.265 e. The molecule has 1 saturated carbocycles. The van der Waals surface area contributed by atoms with E-state index in [0.29, 0.717) is 28.8 Å². The summed E-state index contributed by atoms with van der Waals surface area (Å²) in [6.45, 7) is 1.81. The number of nitrogens with zero attached hydrogens (tertiary/aromatic N) is 3. The van der Waals surface area contributed by atoms with E-state index in [-0.39, 0.29) is 29.9 Å². The van der Waals surface area contributed by atoms with Crippen LogP contribution in [0.25, 0.3) is 0 Å². The Morgan fingerprint density at radius 2 is 2.03 bits per heavy atom. The zero-order valence-corrected chi connectivity index (χ0v) is 18.3. The van der Waals surface area contributed by atoms with Crippen molar-refractivity contribution in [2.45, 2.75) is 43.5 Å². The van der Waals surface area contributed by atoms with Crippen molar-refractivity contribution in [3.8, 4) is 5.75 Å². The minimum Gasteiger partial charge on any atom is -0.482 e. The Kier molecular flexibility index (Phi) is 5.09. The molecule has 0 spiro atoms. The molecule has 32 heavy (non-hydrogen) atoms. The van der Waals surface area contributed by atoms with Crippen LogP contribution in [0.15, 0.2) is 51.9 Å². The Morgan fingerprint density at radius 3 is 2.78 bits per heavy atom. The zero-order chi connectivity index (χ0) is 22.3. The van der Waals surface area contributed by atoms with E-state index in [2.05, 4.69) is 14.9 Å². The molecule has 0 radical (unpaired) electrons. The van der Waals surface area contributed by atoms with Crippen molar-refractivity contribution in [2.24, 2.45) is 0 Å². The highest BCUT2D eigenvalue weighted by Crippen LogP contribution is 2.37. The number of ether oxygens (including phenoxy) is 1. The Morgan fingerprint density at radius 1 is 1.19 bits per heavy atom. The van der Waals surface area contributed by atoms with Gasteiger partial charge >= 0.3 is 0 Å². The summed E-state index contributed by atoms with van der Waals surface area (Å²) in [5.74, 6) is 1.36. The van der Waals surface area contributed by atoms with Gasteiger partial charge in [0.25, 0.3) is 15.9 Å². The molecule has 2 aliphatic rings. The molecule has 1 aliphatic carbocycles. The summed E-state index contributed by atoms with van der Waals surface area (Å²) < 4.78 is 39.4. The Labute approximate surface area is 185 Å². The van der Waals surface area contributed by atoms with E-state index in [1.54, 1.807) is 24.3 Å². The standard InChI is InChI=1S/C22H22N4O5S/c1-14-4-2-7-16(10-14)25-32(28,29)17-8-9-19-18(11-17)26(21(27)13-30-19)12-20-23-22(31-24-20)15-5-3-6-15/h2,4,7-11,15,25H,3,5-6,12-13H2,1H3. The quantitative estimate of drug-likeness (QED) is 0.607. The van der Waals surface area contributed by atoms with Crippen molar-refractivity contribution in [3.63, 3.8) is 0 Å². The van der Waals surface area contributed by atoms with Crippen LogP contribution < -0.4 is 14.4 Å². The second-order valence-corrected chi connectivity index (χ2v) is 9.73. The third kappa shape index (κ3) is 3.93. The molecule has 1 fully saturated rings. The van der Waals surface area contributed by atoms with Crippen LogP contribution in [0.2, 0.25) is 0 Å². The molecule has 2 heterocycles. The SMILES string of the molecule is Cc1cccc(NS(=O)(=O)c2ccc3c(c2)N(Cc2noc(C4CCC4)n2)C(=O)CO3)c1. The molecule has 2 aromatic carbocycles. The first-order valence-electron chi connectivity index (χ1n) is 10.4. The number of anilines is 2. The van der Waals surface area contributed by atoms with Gasteiger partial charge in [-0.2, -0.15) is 4.98 Å². The van der Waals surface area contributed by atoms with Crippen LogP contribution >= 0.6 is 0 Å². The summed E-state index contributed by atoms with van der Waals surface area (Å²) in [5.41, 5.74) is 1.74. The molecule has 3 aromatic rings. The topological polar surface area (TPSA) is 115 Å². The largest absolute Gasteiger partial charge is 0.482 e. The number of hydrogen-bond acceptors (Lipinski definition) is 7. The van der Waals surface area contributed by atoms with Gasteiger partial charge in [-0.1, -0.05) is 23.7 Å². The monoisotopic (exact) mass is 454 g/mol. The summed E-state index contributed by atoms with van der Waals surface area (Å²) in [6.07, 6.45) is 3.19. The number of fused-ring (bicyclic) bond motifs is 1. The molecule has 0 atom stereocenters. The summed E-state index contributed by atoms with van der Waals surface area (Å²) in [4.78, 5) is 18.5. The fourth-order valence-corrected chi connectivity index (χ4v) is 4.81. The summed E-state index contributed by atoms with van der Waals surface area (Å²) in [5, 5.41) is 4.00. The number of benzene rings is 2. The van der Waals surface area contributed by atoms with Crippen molar-refractivity contribution in [3.05, 3.63) is 59.7 Å². The predicted octanol–water partition coefficient (Wildman–Crippen LogP) is 3.37. The normalized spacial score (nSPS) is 16.3. The van der Waals surface area contributed by atoms with Gasteiger partial charge in [-0.3, -0.25) is 14.4 Å². The van der Waals surface area contributed by atoms with Gasteiger partial charge < -0.3 is 9.26 Å². The molecule has 0 unspecified atom stereocenters. The van der Waals surface area contributed by atoms with E-state index in [9.17, 15) is 13.2 Å². The molecule has 10 heteroatoms.